The standard InChI is InChI=1S/C41H76N4O21P4/c1-5-6-7-8-15-39(4,50)32-12-11-28-27-23-31(66-36(49)45-25-34(47)43-21-10-17-41(52,69(59,60)61)70(62,63)64)30-22-26(13-18-37(30,2)29(27)14-19-38(28,32)3)65-35(48)44-24-33(46)42-20-9-16-40(51,67(53,54)55)68(56,57)58/h26-32,50-52H,5-25H2,1-4H3,(H,42,46)(H,43,47)(H,44,48)(H,45,49)(H2,53,54,55)(H2,56,57,58)(H2,59,60,61)(H2,62,63,64)/t26-,27-,28-,29-,30+,31-,32-,37+,38-,39-/m0/s1. The summed E-state index contributed by atoms with van der Waals surface area (Å²) < 4.78 is 58.4. The lowest BCUT2D eigenvalue weighted by atomic mass is 9.43. The van der Waals surface area contributed by atoms with Crippen molar-refractivity contribution < 1.29 is 101 Å². The van der Waals surface area contributed by atoms with Crippen LogP contribution in [-0.2, 0) is 37.3 Å². The highest BCUT2D eigenvalue weighted by Gasteiger charge is 2.65. The van der Waals surface area contributed by atoms with E-state index in [1.54, 1.807) is 0 Å². The highest BCUT2D eigenvalue weighted by Crippen LogP contribution is 2.71. The Balaban J connectivity index is 1.43. The minimum absolute atomic E-state index is 0.0621. The number of ether oxygens (including phenoxy) is 2. The molecule has 0 saturated heterocycles. The van der Waals surface area contributed by atoms with Crippen LogP contribution in [0.4, 0.5) is 9.59 Å². The van der Waals surface area contributed by atoms with E-state index in [2.05, 4.69) is 42.0 Å². The molecule has 4 amide bonds. The van der Waals surface area contributed by atoms with Crippen LogP contribution >= 0.6 is 30.4 Å². The van der Waals surface area contributed by atoms with Gasteiger partial charge in [-0.25, -0.2) is 9.59 Å². The lowest BCUT2D eigenvalue weighted by Gasteiger charge is -2.63. The first-order valence-electron chi connectivity index (χ1n) is 23.9. The van der Waals surface area contributed by atoms with E-state index in [4.69, 9.17) is 9.47 Å². The van der Waals surface area contributed by atoms with Gasteiger partial charge in [-0.1, -0.05) is 46.5 Å². The Kier molecular flexibility index (Phi) is 20.1. The number of hydrogen-bond donors (Lipinski definition) is 15. The van der Waals surface area contributed by atoms with Crippen molar-refractivity contribution in [2.24, 2.45) is 40.4 Å². The molecule has 0 bridgehead atoms. The Labute approximate surface area is 407 Å². The first kappa shape index (κ1) is 60.5. The van der Waals surface area contributed by atoms with Crippen molar-refractivity contribution in [1.29, 1.82) is 0 Å². The van der Waals surface area contributed by atoms with Gasteiger partial charge >= 0.3 is 42.6 Å². The summed E-state index contributed by atoms with van der Waals surface area (Å²) in [5.41, 5.74) is -1.46. The Bertz CT molecular complexity index is 2020. The Hall–Kier alpha value is -2.04. The van der Waals surface area contributed by atoms with Crippen LogP contribution in [0.15, 0.2) is 0 Å². The van der Waals surface area contributed by atoms with Gasteiger partial charge in [-0.2, -0.15) is 0 Å². The first-order valence-corrected chi connectivity index (χ1v) is 30.3. The van der Waals surface area contributed by atoms with Crippen LogP contribution in [0.1, 0.15) is 137 Å². The minimum atomic E-state index is -5.69. The van der Waals surface area contributed by atoms with Crippen molar-refractivity contribution in [3.63, 3.8) is 0 Å². The topological polar surface area (TPSA) is 426 Å². The second-order valence-electron chi connectivity index (χ2n) is 20.7. The van der Waals surface area contributed by atoms with Crippen LogP contribution in [0.25, 0.3) is 0 Å². The SMILES string of the molecule is CCCCCC[C@](C)(O)[C@H]1CC[C@H]2[C@@H]3C[C@H](OC(=O)NCC(=O)NCCCC(O)(P(=O)(O)O)P(=O)(O)O)[C@H]4C[C@@H](OC(=O)NCC(=O)NCCCC(O)(P(=O)(O)O)P(=O)(O)O)CC[C@]4(C)[C@H]3CC[C@@]21C. The average molecular weight is 1080 g/mol. The molecule has 0 heterocycles. The maximum absolute atomic E-state index is 13.5. The summed E-state index contributed by atoms with van der Waals surface area (Å²) in [6, 6.07) is 0. The van der Waals surface area contributed by atoms with Gasteiger partial charge in [-0.3, -0.25) is 27.8 Å². The maximum Gasteiger partial charge on any atom is 0.407 e. The van der Waals surface area contributed by atoms with Crippen molar-refractivity contribution in [3.05, 3.63) is 0 Å². The van der Waals surface area contributed by atoms with E-state index in [1.807, 2.05) is 6.92 Å². The molecule has 0 aromatic heterocycles. The van der Waals surface area contributed by atoms with Gasteiger partial charge < -0.3 is 85.2 Å². The molecule has 4 aliphatic carbocycles. The minimum Gasteiger partial charge on any atom is -0.446 e. The molecule has 0 aliphatic heterocycles. The van der Waals surface area contributed by atoms with E-state index in [0.717, 1.165) is 51.4 Å². The van der Waals surface area contributed by atoms with Gasteiger partial charge in [-0.15, -0.1) is 0 Å². The number of unbranched alkanes of at least 4 members (excludes halogenated alkanes) is 3. The second kappa shape index (κ2) is 23.2. The largest absolute Gasteiger partial charge is 0.446 e. The Morgan fingerprint density at radius 3 is 1.53 bits per heavy atom. The third-order valence-corrected chi connectivity index (χ3v) is 23.9. The Morgan fingerprint density at radius 1 is 0.571 bits per heavy atom. The molecule has 0 aromatic carbocycles. The van der Waals surface area contributed by atoms with Crippen LogP contribution < -0.4 is 21.3 Å². The fourth-order valence-corrected chi connectivity index (χ4v) is 16.9. The number of rotatable bonds is 24. The lowest BCUT2D eigenvalue weighted by Crippen LogP contribution is -2.60. The van der Waals surface area contributed by atoms with Crippen molar-refractivity contribution in [1.82, 2.24) is 21.3 Å². The van der Waals surface area contributed by atoms with Gasteiger partial charge in [0.15, 0.2) is 0 Å². The van der Waals surface area contributed by atoms with Crippen molar-refractivity contribution in [2.75, 3.05) is 26.2 Å². The fraction of sp³-hybridized carbons (Fsp3) is 0.902. The highest BCUT2D eigenvalue weighted by molar-refractivity contribution is 7.72. The normalized spacial score (nSPS) is 29.3. The molecule has 10 atom stereocenters. The zero-order chi connectivity index (χ0) is 52.9. The molecular formula is C41H76N4O21P4. The van der Waals surface area contributed by atoms with E-state index in [1.165, 1.54) is 0 Å². The van der Waals surface area contributed by atoms with Crippen molar-refractivity contribution >= 4 is 54.4 Å². The fourth-order valence-electron chi connectivity index (χ4n) is 12.4. The van der Waals surface area contributed by atoms with Gasteiger partial charge in [0, 0.05) is 31.8 Å². The summed E-state index contributed by atoms with van der Waals surface area (Å²) >= 11 is 0. The zero-order valence-corrected chi connectivity index (χ0v) is 43.8. The molecule has 0 aromatic rings. The summed E-state index contributed by atoms with van der Waals surface area (Å²) in [6.07, 6.45) is 3.82. The molecule has 0 spiro atoms. The highest BCUT2D eigenvalue weighted by atomic mass is 31.2. The molecule has 4 fully saturated rings. The first-order chi connectivity index (χ1) is 32.1. The molecule has 4 saturated carbocycles. The van der Waals surface area contributed by atoms with Gasteiger partial charge in [0.05, 0.1) is 18.7 Å². The average Bonchev–Trinajstić information content (AvgIpc) is 3.61. The molecule has 70 heavy (non-hydrogen) atoms. The monoisotopic (exact) mass is 1080 g/mol. The van der Waals surface area contributed by atoms with E-state index < -0.39 is 127 Å². The van der Waals surface area contributed by atoms with Crippen molar-refractivity contribution in [3.8, 4) is 0 Å². The van der Waals surface area contributed by atoms with Gasteiger partial charge in [0.2, 0.25) is 11.8 Å². The quantitative estimate of drug-likeness (QED) is 0.0488. The molecule has 4 rings (SSSR count). The van der Waals surface area contributed by atoms with Crippen LogP contribution in [0.3, 0.4) is 0 Å². The molecule has 0 unspecified atom stereocenters. The predicted molar refractivity (Wildman–Crippen MR) is 249 cm³/mol. The number of fused-ring (bicyclic) bond motifs is 5. The van der Waals surface area contributed by atoms with Gasteiger partial charge in [-0.05, 0) is 112 Å². The summed E-state index contributed by atoms with van der Waals surface area (Å²) in [7, 11) is -22.7. The van der Waals surface area contributed by atoms with Crippen LogP contribution in [0.5, 0.6) is 0 Å². The third kappa shape index (κ3) is 13.8. The third-order valence-electron chi connectivity index (χ3n) is 16.1. The lowest BCUT2D eigenvalue weighted by molar-refractivity contribution is -0.179. The molecule has 406 valence electrons. The molecule has 15 N–H and O–H groups in total. The predicted octanol–water partition coefficient (Wildman–Crippen LogP) is 2.96. The molecule has 29 heteroatoms. The molecule has 25 nitrogen and oxygen atoms in total. The van der Waals surface area contributed by atoms with Crippen LogP contribution in [-0.4, -0.2) is 133 Å². The van der Waals surface area contributed by atoms with E-state index in [-0.39, 0.29) is 54.5 Å². The second-order valence-corrected chi connectivity index (χ2v) is 28.7. The van der Waals surface area contributed by atoms with Crippen molar-refractivity contribution in [2.45, 2.75) is 165 Å². The number of carbonyl (C=O) groups excluding carboxylic acids is 4. The zero-order valence-electron chi connectivity index (χ0n) is 40.2. The van der Waals surface area contributed by atoms with Gasteiger partial charge in [0.1, 0.15) is 12.2 Å². The smallest absolute Gasteiger partial charge is 0.407 e. The number of hydrogen-bond acceptors (Lipinski definition) is 13. The maximum atomic E-state index is 13.5. The summed E-state index contributed by atoms with van der Waals surface area (Å²) in [5, 5.41) is 34.2. The van der Waals surface area contributed by atoms with E-state index in [0.29, 0.717) is 25.7 Å². The summed E-state index contributed by atoms with van der Waals surface area (Å²) in [4.78, 5) is 126. The molecule has 4 aliphatic rings. The number of aliphatic hydroxyl groups is 3. The van der Waals surface area contributed by atoms with Crippen LogP contribution in [0.2, 0.25) is 0 Å². The molecule has 0 radical (unpaired) electrons. The number of amides is 4. The molecular weight excluding hydrogens is 1010 g/mol. The number of carbonyl (C=O) groups is 4. The number of alkyl carbamates (subject to hydrolysis) is 2. The summed E-state index contributed by atoms with van der Waals surface area (Å²) in [6.45, 7) is 6.59. The number of nitrogens with one attached hydrogen (secondary N) is 4. The van der Waals surface area contributed by atoms with E-state index >= 15 is 0 Å². The Morgan fingerprint density at radius 2 is 1.04 bits per heavy atom. The van der Waals surface area contributed by atoms with E-state index in [9.17, 15) is 91.9 Å². The van der Waals surface area contributed by atoms with Gasteiger partial charge in [0.25, 0.3) is 10.2 Å². The summed E-state index contributed by atoms with van der Waals surface area (Å²) in [5.74, 6) is -1.33. The van der Waals surface area contributed by atoms with Crippen LogP contribution in [0, 0.1) is 40.4 Å².